The molecule has 0 saturated carbocycles. The number of hydrogen-bond acceptors (Lipinski definition) is 4. The van der Waals surface area contributed by atoms with Gasteiger partial charge in [0.25, 0.3) is 5.91 Å². The summed E-state index contributed by atoms with van der Waals surface area (Å²) in [6.45, 7) is 1.35. The number of amides is 2. The summed E-state index contributed by atoms with van der Waals surface area (Å²) >= 11 is 0. The molecule has 1 heterocycles. The van der Waals surface area contributed by atoms with Crippen LogP contribution >= 0.6 is 0 Å². The molecule has 0 aromatic heterocycles. The quantitative estimate of drug-likeness (QED) is 0.552. The van der Waals surface area contributed by atoms with E-state index in [1.54, 1.807) is 0 Å². The summed E-state index contributed by atoms with van der Waals surface area (Å²) in [6.07, 6.45) is 0.0452. The lowest BCUT2D eigenvalue weighted by Gasteiger charge is -2.20. The standard InChI is InChI=1S/C23H28N4O3/c1-27(2)14-13-24-22(28)20(15-17-9-5-3-6-10-17)25-23(29)21-16-19(26-30-21)18-11-7-4-8-12-18/h3-12,20-21H,13-16H2,1-2H3,(H,24,28)(H,25,29)/p+1/t20-,21-/m1/s1. The third-order valence-electron chi connectivity index (χ3n) is 4.91. The van der Waals surface area contributed by atoms with Gasteiger partial charge in [0.15, 0.2) is 0 Å². The summed E-state index contributed by atoms with van der Waals surface area (Å²) in [6, 6.07) is 18.6. The molecule has 7 nitrogen and oxygen atoms in total. The van der Waals surface area contributed by atoms with E-state index >= 15 is 0 Å². The van der Waals surface area contributed by atoms with Crippen molar-refractivity contribution in [3.63, 3.8) is 0 Å². The van der Waals surface area contributed by atoms with Crippen molar-refractivity contribution in [1.82, 2.24) is 10.6 Å². The highest BCUT2D eigenvalue weighted by atomic mass is 16.6. The molecule has 0 saturated heterocycles. The SMILES string of the molecule is C[NH+](C)CCNC(=O)[C@@H](Cc1ccccc1)NC(=O)[C@H]1CC(c2ccccc2)=NO1. The van der Waals surface area contributed by atoms with Crippen molar-refractivity contribution in [2.45, 2.75) is 25.0 Å². The van der Waals surface area contributed by atoms with Crippen molar-refractivity contribution < 1.29 is 19.3 Å². The van der Waals surface area contributed by atoms with Gasteiger partial charge in [0.2, 0.25) is 12.0 Å². The van der Waals surface area contributed by atoms with Crippen molar-refractivity contribution in [1.29, 1.82) is 0 Å². The molecule has 1 aliphatic rings. The van der Waals surface area contributed by atoms with Crippen LogP contribution in [0, 0.1) is 0 Å². The molecule has 0 radical (unpaired) electrons. The predicted molar refractivity (Wildman–Crippen MR) is 115 cm³/mol. The first-order valence-corrected chi connectivity index (χ1v) is 10.2. The lowest BCUT2D eigenvalue weighted by atomic mass is 10.0. The molecular weight excluding hydrogens is 380 g/mol. The van der Waals surface area contributed by atoms with Crippen LogP contribution in [-0.4, -0.2) is 56.9 Å². The summed E-state index contributed by atoms with van der Waals surface area (Å²) < 4.78 is 0. The van der Waals surface area contributed by atoms with Crippen LogP contribution in [0.2, 0.25) is 0 Å². The van der Waals surface area contributed by atoms with Crippen molar-refractivity contribution >= 4 is 17.5 Å². The number of nitrogens with one attached hydrogen (secondary N) is 3. The van der Waals surface area contributed by atoms with Crippen LogP contribution in [0.5, 0.6) is 0 Å². The fourth-order valence-corrected chi connectivity index (χ4v) is 3.20. The summed E-state index contributed by atoms with van der Waals surface area (Å²) in [5.41, 5.74) is 2.64. The minimum atomic E-state index is -0.738. The summed E-state index contributed by atoms with van der Waals surface area (Å²) in [7, 11) is 4.05. The highest BCUT2D eigenvalue weighted by Crippen LogP contribution is 2.17. The molecule has 2 aromatic carbocycles. The van der Waals surface area contributed by atoms with Gasteiger partial charge < -0.3 is 20.4 Å². The normalized spacial score (nSPS) is 16.5. The zero-order chi connectivity index (χ0) is 21.3. The van der Waals surface area contributed by atoms with Crippen LogP contribution in [0.3, 0.4) is 0 Å². The van der Waals surface area contributed by atoms with Gasteiger partial charge in [0.1, 0.15) is 6.04 Å². The number of carbonyl (C=O) groups excluding carboxylic acids is 2. The largest absolute Gasteiger partial charge is 0.382 e. The number of quaternary nitrogens is 1. The fourth-order valence-electron chi connectivity index (χ4n) is 3.20. The molecule has 158 valence electrons. The summed E-state index contributed by atoms with van der Waals surface area (Å²) in [5, 5.41) is 9.85. The van der Waals surface area contributed by atoms with E-state index in [4.69, 9.17) is 4.84 Å². The maximum atomic E-state index is 12.8. The van der Waals surface area contributed by atoms with Crippen LogP contribution in [0.25, 0.3) is 0 Å². The van der Waals surface area contributed by atoms with Gasteiger partial charge >= 0.3 is 0 Å². The van der Waals surface area contributed by atoms with E-state index in [0.29, 0.717) is 19.4 Å². The lowest BCUT2D eigenvalue weighted by Crippen LogP contribution is -3.06. The Balaban J connectivity index is 1.62. The number of hydrogen-bond donors (Lipinski definition) is 3. The fraction of sp³-hybridized carbons (Fsp3) is 0.348. The number of nitrogens with zero attached hydrogens (tertiary/aromatic N) is 1. The second kappa shape index (κ2) is 10.5. The van der Waals surface area contributed by atoms with Crippen molar-refractivity contribution in [3.8, 4) is 0 Å². The third-order valence-corrected chi connectivity index (χ3v) is 4.91. The molecule has 0 bridgehead atoms. The first kappa shape index (κ1) is 21.5. The molecule has 1 aliphatic heterocycles. The van der Waals surface area contributed by atoms with Gasteiger partial charge in [-0.2, -0.15) is 0 Å². The van der Waals surface area contributed by atoms with Gasteiger partial charge in [-0.1, -0.05) is 65.8 Å². The van der Waals surface area contributed by atoms with E-state index in [9.17, 15) is 9.59 Å². The molecule has 3 N–H and O–H groups in total. The molecule has 2 amide bonds. The number of oxime groups is 1. The molecule has 0 unspecified atom stereocenters. The highest BCUT2D eigenvalue weighted by Gasteiger charge is 2.32. The molecule has 0 aliphatic carbocycles. The first-order valence-electron chi connectivity index (χ1n) is 10.2. The number of likely N-dealkylation sites (N-methyl/N-ethyl adjacent to an activating group) is 1. The molecular formula is C23H29N4O3+. The average molecular weight is 410 g/mol. The van der Waals surface area contributed by atoms with E-state index in [2.05, 4.69) is 15.8 Å². The number of carbonyl (C=O) groups is 2. The van der Waals surface area contributed by atoms with E-state index < -0.39 is 12.1 Å². The van der Waals surface area contributed by atoms with E-state index in [0.717, 1.165) is 23.4 Å². The Morgan fingerprint density at radius 2 is 1.77 bits per heavy atom. The second-order valence-corrected chi connectivity index (χ2v) is 7.70. The minimum Gasteiger partial charge on any atom is -0.382 e. The smallest absolute Gasteiger partial charge is 0.265 e. The maximum Gasteiger partial charge on any atom is 0.265 e. The van der Waals surface area contributed by atoms with Gasteiger partial charge in [0.05, 0.1) is 32.9 Å². The van der Waals surface area contributed by atoms with Crippen LogP contribution in [0.15, 0.2) is 65.8 Å². The Morgan fingerprint density at radius 1 is 1.10 bits per heavy atom. The van der Waals surface area contributed by atoms with E-state index in [1.807, 2.05) is 74.8 Å². The molecule has 7 heteroatoms. The molecule has 0 fully saturated rings. The monoisotopic (exact) mass is 409 g/mol. The minimum absolute atomic E-state index is 0.198. The number of benzene rings is 2. The topological polar surface area (TPSA) is 84.2 Å². The predicted octanol–water partition coefficient (Wildman–Crippen LogP) is 0.168. The van der Waals surface area contributed by atoms with Crippen molar-refractivity contribution in [2.75, 3.05) is 27.2 Å². The molecule has 30 heavy (non-hydrogen) atoms. The first-order chi connectivity index (χ1) is 14.5. The van der Waals surface area contributed by atoms with Crippen molar-refractivity contribution in [2.24, 2.45) is 5.16 Å². The second-order valence-electron chi connectivity index (χ2n) is 7.70. The lowest BCUT2D eigenvalue weighted by molar-refractivity contribution is -0.856. The van der Waals surface area contributed by atoms with Gasteiger partial charge in [0, 0.05) is 12.8 Å². The Kier molecular flexibility index (Phi) is 7.57. The molecule has 2 aromatic rings. The van der Waals surface area contributed by atoms with Crippen LogP contribution in [0.4, 0.5) is 0 Å². The Bertz CT molecular complexity index is 869. The zero-order valence-electron chi connectivity index (χ0n) is 17.4. The molecule has 3 rings (SSSR count). The zero-order valence-corrected chi connectivity index (χ0v) is 17.4. The van der Waals surface area contributed by atoms with Crippen LogP contribution < -0.4 is 15.5 Å². The van der Waals surface area contributed by atoms with Gasteiger partial charge in [-0.05, 0) is 11.1 Å². The van der Waals surface area contributed by atoms with Crippen molar-refractivity contribution in [3.05, 3.63) is 71.8 Å². The third kappa shape index (κ3) is 6.15. The van der Waals surface area contributed by atoms with Gasteiger partial charge in [-0.3, -0.25) is 9.59 Å². The molecule has 2 atom stereocenters. The Hall–Kier alpha value is -3.19. The van der Waals surface area contributed by atoms with Crippen LogP contribution in [0.1, 0.15) is 17.5 Å². The highest BCUT2D eigenvalue weighted by molar-refractivity contribution is 6.04. The maximum absolute atomic E-state index is 12.8. The van der Waals surface area contributed by atoms with Gasteiger partial charge in [-0.15, -0.1) is 0 Å². The molecule has 0 spiro atoms. The summed E-state index contributed by atoms with van der Waals surface area (Å²) in [5.74, 6) is -0.533. The van der Waals surface area contributed by atoms with E-state index in [-0.39, 0.29) is 11.8 Å². The van der Waals surface area contributed by atoms with E-state index in [1.165, 1.54) is 4.90 Å². The Morgan fingerprint density at radius 3 is 2.43 bits per heavy atom. The average Bonchev–Trinajstić information content (AvgIpc) is 3.25. The number of rotatable bonds is 9. The van der Waals surface area contributed by atoms with Crippen LogP contribution in [-0.2, 0) is 20.8 Å². The summed E-state index contributed by atoms with van der Waals surface area (Å²) in [4.78, 5) is 32.2. The Labute approximate surface area is 177 Å². The van der Waals surface area contributed by atoms with Gasteiger partial charge in [-0.25, -0.2) is 0 Å².